The van der Waals surface area contributed by atoms with Gasteiger partial charge >= 0.3 is 0 Å². The van der Waals surface area contributed by atoms with Gasteiger partial charge < -0.3 is 0 Å². The van der Waals surface area contributed by atoms with Gasteiger partial charge in [0, 0.05) is 0 Å². The highest BCUT2D eigenvalue weighted by atomic mass is 14.2. The molecular weight excluding hydrogens is 649 g/mol. The van der Waals surface area contributed by atoms with Crippen LogP contribution in [0.5, 0.6) is 0 Å². The third-order valence-electron chi connectivity index (χ3n) is 10.8. The highest BCUT2D eigenvalue weighted by molar-refractivity contribution is 6.19. The predicted octanol–water partition coefficient (Wildman–Crippen LogP) is 15.4. The average molecular weight is 689 g/mol. The molecule has 0 saturated heterocycles. The summed E-state index contributed by atoms with van der Waals surface area (Å²) in [6.07, 6.45) is 2.23. The van der Waals surface area contributed by atoms with Crippen LogP contribution < -0.4 is 0 Å². The van der Waals surface area contributed by atoms with Gasteiger partial charge in [0.25, 0.3) is 0 Å². The summed E-state index contributed by atoms with van der Waals surface area (Å²) < 4.78 is 0. The Bertz CT molecular complexity index is 2690. The van der Waals surface area contributed by atoms with Crippen molar-refractivity contribution in [3.8, 4) is 66.8 Å². The predicted molar refractivity (Wildman–Crippen MR) is 233 cm³/mol. The zero-order valence-electron chi connectivity index (χ0n) is 30.6. The second-order valence-corrected chi connectivity index (χ2v) is 14.1. The molecule has 0 radical (unpaired) electrons. The van der Waals surface area contributed by atoms with E-state index in [0.29, 0.717) is 0 Å². The standard InChI is InChI=1S/C54H40/c1-3-37(2)53-49-26-13-15-28-51(49)54(52-29-16-14-27-50(52)53)48-35-45(40-22-11-6-12-23-40)34-47(36-48)42-25-17-24-41(30-42)46-32-43(38-18-7-4-8-19-38)31-44(33-46)39-20-9-5-10-21-39/h3-36H,1-2H3. The molecular formula is C54H40. The van der Waals surface area contributed by atoms with E-state index < -0.39 is 0 Å². The average Bonchev–Trinajstić information content (AvgIpc) is 3.26. The molecule has 9 rings (SSSR count). The summed E-state index contributed by atoms with van der Waals surface area (Å²) in [5.41, 5.74) is 17.1. The Hall–Kier alpha value is -6.76. The van der Waals surface area contributed by atoms with E-state index >= 15 is 0 Å². The Morgan fingerprint density at radius 2 is 0.593 bits per heavy atom. The van der Waals surface area contributed by atoms with Gasteiger partial charge in [0.2, 0.25) is 0 Å². The molecule has 0 bridgehead atoms. The smallest absolute Gasteiger partial charge is 0.00259 e. The summed E-state index contributed by atoms with van der Waals surface area (Å²) in [5.74, 6) is 0. The number of allylic oxidation sites excluding steroid dienone is 2. The van der Waals surface area contributed by atoms with Crippen LogP contribution in [0, 0.1) is 0 Å². The molecule has 0 saturated carbocycles. The molecule has 0 atom stereocenters. The van der Waals surface area contributed by atoms with Crippen LogP contribution in [-0.2, 0) is 0 Å². The fraction of sp³-hybridized carbons (Fsp3) is 0.0370. The van der Waals surface area contributed by atoms with E-state index in [1.165, 1.54) is 99.4 Å². The van der Waals surface area contributed by atoms with E-state index in [9.17, 15) is 0 Å². The fourth-order valence-corrected chi connectivity index (χ4v) is 8.01. The Kier molecular flexibility index (Phi) is 8.79. The van der Waals surface area contributed by atoms with Crippen molar-refractivity contribution in [1.82, 2.24) is 0 Å². The highest BCUT2D eigenvalue weighted by Gasteiger charge is 2.18. The Morgan fingerprint density at radius 1 is 0.296 bits per heavy atom. The molecule has 9 aromatic carbocycles. The molecule has 0 nitrogen and oxygen atoms in total. The number of fused-ring (bicyclic) bond motifs is 2. The molecule has 0 unspecified atom stereocenters. The fourth-order valence-electron chi connectivity index (χ4n) is 8.01. The van der Waals surface area contributed by atoms with Crippen molar-refractivity contribution >= 4 is 27.1 Å². The first-order valence-electron chi connectivity index (χ1n) is 18.8. The van der Waals surface area contributed by atoms with Gasteiger partial charge in [-0.3, -0.25) is 0 Å². The lowest BCUT2D eigenvalue weighted by Crippen LogP contribution is -1.93. The van der Waals surface area contributed by atoms with Crippen molar-refractivity contribution in [3.63, 3.8) is 0 Å². The van der Waals surface area contributed by atoms with Crippen LogP contribution in [0.25, 0.3) is 93.9 Å². The maximum atomic E-state index is 2.40. The summed E-state index contributed by atoms with van der Waals surface area (Å²) in [7, 11) is 0. The molecule has 9 aromatic rings. The lowest BCUT2D eigenvalue weighted by molar-refractivity contribution is 1.55. The van der Waals surface area contributed by atoms with E-state index in [1.54, 1.807) is 0 Å². The molecule has 0 amide bonds. The number of hydrogen-bond donors (Lipinski definition) is 0. The van der Waals surface area contributed by atoms with Crippen LogP contribution in [0.1, 0.15) is 19.4 Å². The number of benzene rings is 9. The van der Waals surface area contributed by atoms with Crippen molar-refractivity contribution in [3.05, 3.63) is 212 Å². The SMILES string of the molecule is CC=C(C)c1c2ccccc2c(-c2cc(-c3ccccc3)cc(-c3cccc(-c4cc(-c5ccccc5)cc(-c5ccccc5)c4)c3)c2)c2ccccc12. The summed E-state index contributed by atoms with van der Waals surface area (Å²) >= 11 is 0. The van der Waals surface area contributed by atoms with Crippen LogP contribution in [-0.4, -0.2) is 0 Å². The van der Waals surface area contributed by atoms with Crippen LogP contribution in [0.4, 0.5) is 0 Å². The first-order valence-corrected chi connectivity index (χ1v) is 18.8. The molecule has 0 N–H and O–H groups in total. The lowest BCUT2D eigenvalue weighted by atomic mass is 9.84. The maximum Gasteiger partial charge on any atom is -0.00259 e. The normalized spacial score (nSPS) is 11.6. The molecule has 0 heterocycles. The molecule has 54 heavy (non-hydrogen) atoms. The van der Waals surface area contributed by atoms with Crippen LogP contribution in [0.2, 0.25) is 0 Å². The Morgan fingerprint density at radius 3 is 0.981 bits per heavy atom. The van der Waals surface area contributed by atoms with Gasteiger partial charge in [-0.1, -0.05) is 164 Å². The second-order valence-electron chi connectivity index (χ2n) is 14.1. The molecule has 0 aliphatic heterocycles. The minimum atomic E-state index is 1.19. The van der Waals surface area contributed by atoms with Crippen molar-refractivity contribution in [2.45, 2.75) is 13.8 Å². The van der Waals surface area contributed by atoms with Crippen molar-refractivity contribution < 1.29 is 0 Å². The minimum absolute atomic E-state index is 1.19. The molecule has 256 valence electrons. The summed E-state index contributed by atoms with van der Waals surface area (Å²) in [4.78, 5) is 0. The molecule has 0 aliphatic carbocycles. The van der Waals surface area contributed by atoms with Gasteiger partial charge in [-0.25, -0.2) is 0 Å². The van der Waals surface area contributed by atoms with E-state index in [1.807, 2.05) is 0 Å². The van der Waals surface area contributed by atoms with Gasteiger partial charge in [-0.05, 0) is 156 Å². The molecule has 0 spiro atoms. The van der Waals surface area contributed by atoms with Crippen LogP contribution in [0.15, 0.2) is 206 Å². The summed E-state index contributed by atoms with van der Waals surface area (Å²) in [6.45, 7) is 4.37. The third-order valence-corrected chi connectivity index (χ3v) is 10.8. The van der Waals surface area contributed by atoms with Gasteiger partial charge in [-0.2, -0.15) is 0 Å². The van der Waals surface area contributed by atoms with Crippen molar-refractivity contribution in [2.24, 2.45) is 0 Å². The number of hydrogen-bond acceptors (Lipinski definition) is 0. The van der Waals surface area contributed by atoms with E-state index in [2.05, 4.69) is 220 Å². The maximum absolute atomic E-state index is 2.40. The van der Waals surface area contributed by atoms with Gasteiger partial charge in [0.05, 0.1) is 0 Å². The molecule has 0 heteroatoms. The van der Waals surface area contributed by atoms with E-state index in [0.717, 1.165) is 0 Å². The Balaban J connectivity index is 1.27. The van der Waals surface area contributed by atoms with Crippen LogP contribution >= 0.6 is 0 Å². The molecule has 0 aliphatic rings. The summed E-state index contributed by atoms with van der Waals surface area (Å²) in [6, 6.07) is 73.2. The minimum Gasteiger partial charge on any atom is -0.0841 e. The zero-order valence-corrected chi connectivity index (χ0v) is 30.6. The zero-order chi connectivity index (χ0) is 36.4. The quantitative estimate of drug-likeness (QED) is 0.146. The molecule has 0 fully saturated rings. The third kappa shape index (κ3) is 6.23. The van der Waals surface area contributed by atoms with Gasteiger partial charge in [0.15, 0.2) is 0 Å². The van der Waals surface area contributed by atoms with Crippen molar-refractivity contribution in [1.29, 1.82) is 0 Å². The van der Waals surface area contributed by atoms with E-state index in [4.69, 9.17) is 0 Å². The van der Waals surface area contributed by atoms with E-state index in [-0.39, 0.29) is 0 Å². The van der Waals surface area contributed by atoms with Crippen LogP contribution in [0.3, 0.4) is 0 Å². The first kappa shape index (κ1) is 33.1. The van der Waals surface area contributed by atoms with Crippen molar-refractivity contribution in [2.75, 3.05) is 0 Å². The van der Waals surface area contributed by atoms with Gasteiger partial charge in [-0.15, -0.1) is 0 Å². The second kappa shape index (κ2) is 14.3. The highest BCUT2D eigenvalue weighted by Crippen LogP contribution is 2.44. The monoisotopic (exact) mass is 688 g/mol. The number of rotatable bonds is 7. The largest absolute Gasteiger partial charge is 0.0841 e. The Labute approximate surface area is 318 Å². The summed E-state index contributed by atoms with van der Waals surface area (Å²) in [5, 5.41) is 5.10. The topological polar surface area (TPSA) is 0 Å². The first-order chi connectivity index (χ1) is 26.6. The molecule has 0 aromatic heterocycles. The lowest BCUT2D eigenvalue weighted by Gasteiger charge is -2.19. The van der Waals surface area contributed by atoms with Gasteiger partial charge in [0.1, 0.15) is 0 Å².